The van der Waals surface area contributed by atoms with Crippen molar-refractivity contribution in [2.24, 2.45) is 12.8 Å². The molecule has 2 aromatic rings. The van der Waals surface area contributed by atoms with E-state index in [1.807, 2.05) is 0 Å². The fraction of sp³-hybridized carbons (Fsp3) is 0.250. The van der Waals surface area contributed by atoms with Crippen LogP contribution in [0.15, 0.2) is 41.4 Å². The van der Waals surface area contributed by atoms with Gasteiger partial charge in [0.05, 0.1) is 5.69 Å². The molecular formula is C16H20N4O5S. The molecule has 0 fully saturated rings. The number of aromatic nitrogens is 1. The van der Waals surface area contributed by atoms with Gasteiger partial charge in [-0.2, -0.15) is 0 Å². The molecule has 10 heteroatoms. The number of amides is 2. The first-order valence-corrected chi connectivity index (χ1v) is 9.20. The summed E-state index contributed by atoms with van der Waals surface area (Å²) in [6.45, 7) is 2.11. The molecule has 0 bridgehead atoms. The van der Waals surface area contributed by atoms with Crippen LogP contribution in [-0.2, 0) is 21.9 Å². The predicted molar refractivity (Wildman–Crippen MR) is 95.4 cm³/mol. The van der Waals surface area contributed by atoms with E-state index in [0.717, 1.165) is 0 Å². The zero-order valence-electron chi connectivity index (χ0n) is 14.4. The van der Waals surface area contributed by atoms with Gasteiger partial charge in [0.15, 0.2) is 6.61 Å². The lowest BCUT2D eigenvalue weighted by Crippen LogP contribution is -2.28. The highest BCUT2D eigenvalue weighted by Crippen LogP contribution is 2.22. The summed E-state index contributed by atoms with van der Waals surface area (Å²) in [6, 6.07) is 7.37. The second kappa shape index (κ2) is 7.91. The molecule has 1 aromatic heterocycles. The van der Waals surface area contributed by atoms with E-state index in [-0.39, 0.29) is 28.8 Å². The van der Waals surface area contributed by atoms with Crippen molar-refractivity contribution in [1.82, 2.24) is 9.88 Å². The first-order valence-electron chi connectivity index (χ1n) is 7.71. The topological polar surface area (TPSA) is 133 Å². The summed E-state index contributed by atoms with van der Waals surface area (Å²) in [5, 5.41) is 2.59. The van der Waals surface area contributed by atoms with Gasteiger partial charge in [0.1, 0.15) is 16.3 Å². The van der Waals surface area contributed by atoms with Gasteiger partial charge in [-0.25, -0.2) is 8.42 Å². The number of aryl methyl sites for hydroxylation is 1. The van der Waals surface area contributed by atoms with Crippen molar-refractivity contribution >= 4 is 27.5 Å². The molecule has 0 aliphatic rings. The Labute approximate surface area is 151 Å². The first kappa shape index (κ1) is 19.3. The minimum Gasteiger partial charge on any atom is -0.484 e. The SMILES string of the molecule is CCNC(=O)COc1cccc(NS(=O)(=O)c2cc(C(N)=O)n(C)c2)c1. The first-order chi connectivity index (χ1) is 12.2. The second-order valence-electron chi connectivity index (χ2n) is 5.41. The van der Waals surface area contributed by atoms with Crippen molar-refractivity contribution in [1.29, 1.82) is 0 Å². The number of primary amides is 1. The van der Waals surface area contributed by atoms with Crippen LogP contribution in [0.1, 0.15) is 17.4 Å². The maximum Gasteiger partial charge on any atom is 0.265 e. The normalized spacial score (nSPS) is 11.0. The number of hydrogen-bond acceptors (Lipinski definition) is 5. The highest BCUT2D eigenvalue weighted by molar-refractivity contribution is 7.92. The quantitative estimate of drug-likeness (QED) is 0.611. The van der Waals surface area contributed by atoms with Gasteiger partial charge in [-0.3, -0.25) is 14.3 Å². The van der Waals surface area contributed by atoms with E-state index in [9.17, 15) is 18.0 Å². The van der Waals surface area contributed by atoms with Gasteiger partial charge in [0.2, 0.25) is 0 Å². The van der Waals surface area contributed by atoms with E-state index < -0.39 is 15.9 Å². The summed E-state index contributed by atoms with van der Waals surface area (Å²) >= 11 is 0. The summed E-state index contributed by atoms with van der Waals surface area (Å²) in [6.07, 6.45) is 1.29. The Morgan fingerprint density at radius 3 is 2.62 bits per heavy atom. The Hall–Kier alpha value is -3.01. The van der Waals surface area contributed by atoms with E-state index in [0.29, 0.717) is 12.3 Å². The molecule has 0 saturated carbocycles. The van der Waals surface area contributed by atoms with Crippen molar-refractivity contribution in [3.63, 3.8) is 0 Å². The molecule has 2 amide bonds. The van der Waals surface area contributed by atoms with Gasteiger partial charge in [-0.1, -0.05) is 6.07 Å². The van der Waals surface area contributed by atoms with Crippen LogP contribution in [0, 0.1) is 0 Å². The maximum absolute atomic E-state index is 12.5. The van der Waals surface area contributed by atoms with Crippen molar-refractivity contribution in [2.75, 3.05) is 17.9 Å². The fourth-order valence-corrected chi connectivity index (χ4v) is 3.31. The molecule has 0 radical (unpaired) electrons. The van der Waals surface area contributed by atoms with Crippen LogP contribution in [0.25, 0.3) is 0 Å². The monoisotopic (exact) mass is 380 g/mol. The third kappa shape index (κ3) is 4.76. The molecule has 26 heavy (non-hydrogen) atoms. The highest BCUT2D eigenvalue weighted by atomic mass is 32.2. The van der Waals surface area contributed by atoms with Crippen LogP contribution < -0.4 is 20.5 Å². The molecule has 0 aliphatic heterocycles. The molecule has 0 saturated heterocycles. The van der Waals surface area contributed by atoms with Gasteiger partial charge < -0.3 is 20.4 Å². The van der Waals surface area contributed by atoms with E-state index in [1.54, 1.807) is 19.1 Å². The van der Waals surface area contributed by atoms with Crippen molar-refractivity contribution in [2.45, 2.75) is 11.8 Å². The third-order valence-electron chi connectivity index (χ3n) is 3.37. The number of hydrogen-bond donors (Lipinski definition) is 3. The Kier molecular flexibility index (Phi) is 5.88. The van der Waals surface area contributed by atoms with Gasteiger partial charge in [-0.05, 0) is 25.1 Å². The van der Waals surface area contributed by atoms with E-state index >= 15 is 0 Å². The number of nitrogens with two attached hydrogens (primary N) is 1. The fourth-order valence-electron chi connectivity index (χ4n) is 2.19. The van der Waals surface area contributed by atoms with Crippen molar-refractivity contribution in [3.8, 4) is 5.75 Å². The standard InChI is InChI=1S/C16H20N4O5S/c1-3-18-15(21)10-25-12-6-4-5-11(7-12)19-26(23,24)13-8-14(16(17)22)20(2)9-13/h4-9,19H,3,10H2,1-2H3,(H2,17,22)(H,18,21). The van der Waals surface area contributed by atoms with Crippen LogP contribution in [0.2, 0.25) is 0 Å². The third-order valence-corrected chi connectivity index (χ3v) is 4.72. The van der Waals surface area contributed by atoms with Gasteiger partial charge in [0, 0.05) is 25.9 Å². The number of sulfonamides is 1. The zero-order chi connectivity index (χ0) is 19.3. The van der Waals surface area contributed by atoms with Crippen molar-refractivity contribution < 1.29 is 22.7 Å². The zero-order valence-corrected chi connectivity index (χ0v) is 15.2. The molecule has 1 aromatic carbocycles. The summed E-state index contributed by atoms with van der Waals surface area (Å²) in [7, 11) is -2.40. The molecule has 0 spiro atoms. The van der Waals surface area contributed by atoms with Gasteiger partial charge in [-0.15, -0.1) is 0 Å². The lowest BCUT2D eigenvalue weighted by Gasteiger charge is -2.10. The number of anilines is 1. The molecule has 0 aliphatic carbocycles. The number of carbonyl (C=O) groups is 2. The average Bonchev–Trinajstić information content (AvgIpc) is 2.96. The van der Waals surface area contributed by atoms with Crippen LogP contribution in [0.5, 0.6) is 5.75 Å². The Bertz CT molecular complexity index is 920. The molecule has 9 nitrogen and oxygen atoms in total. The smallest absolute Gasteiger partial charge is 0.265 e. The number of ether oxygens (including phenoxy) is 1. The molecule has 4 N–H and O–H groups in total. The largest absolute Gasteiger partial charge is 0.484 e. The molecule has 2 rings (SSSR count). The maximum atomic E-state index is 12.5. The van der Waals surface area contributed by atoms with Gasteiger partial charge >= 0.3 is 0 Å². The number of nitrogens with one attached hydrogen (secondary N) is 2. The number of likely N-dealkylation sites (N-methyl/N-ethyl adjacent to an activating group) is 1. The Balaban J connectivity index is 2.14. The summed E-state index contributed by atoms with van der Waals surface area (Å²) in [5.74, 6) is -0.668. The van der Waals surface area contributed by atoms with E-state index in [1.165, 1.54) is 36.0 Å². The number of benzene rings is 1. The van der Waals surface area contributed by atoms with E-state index in [2.05, 4.69) is 10.0 Å². The predicted octanol–water partition coefficient (Wildman–Crippen LogP) is 0.440. The number of carbonyl (C=O) groups excluding carboxylic acids is 2. The summed E-state index contributed by atoms with van der Waals surface area (Å²) in [5.41, 5.74) is 5.52. The van der Waals surface area contributed by atoms with E-state index in [4.69, 9.17) is 10.5 Å². The van der Waals surface area contributed by atoms with Crippen molar-refractivity contribution in [3.05, 3.63) is 42.2 Å². The van der Waals surface area contributed by atoms with Crippen LogP contribution in [0.3, 0.4) is 0 Å². The lowest BCUT2D eigenvalue weighted by molar-refractivity contribution is -0.122. The minimum absolute atomic E-state index is 0.0735. The molecular weight excluding hydrogens is 360 g/mol. The van der Waals surface area contributed by atoms with Crippen LogP contribution in [-0.4, -0.2) is 38.0 Å². The second-order valence-corrected chi connectivity index (χ2v) is 7.09. The van der Waals surface area contributed by atoms with Crippen LogP contribution in [0.4, 0.5) is 5.69 Å². The minimum atomic E-state index is -3.92. The molecule has 0 unspecified atom stereocenters. The summed E-state index contributed by atoms with van der Waals surface area (Å²) in [4.78, 5) is 22.6. The molecule has 1 heterocycles. The number of nitrogens with zero attached hydrogens (tertiary/aromatic N) is 1. The Morgan fingerprint density at radius 1 is 1.27 bits per heavy atom. The highest BCUT2D eigenvalue weighted by Gasteiger charge is 2.19. The number of rotatable bonds is 8. The Morgan fingerprint density at radius 2 is 2.00 bits per heavy atom. The average molecular weight is 380 g/mol. The van der Waals surface area contributed by atoms with Gasteiger partial charge in [0.25, 0.3) is 21.8 Å². The lowest BCUT2D eigenvalue weighted by atomic mass is 10.3. The summed E-state index contributed by atoms with van der Waals surface area (Å²) < 4.78 is 34.0. The molecule has 140 valence electrons. The molecule has 0 atom stereocenters. The van der Waals surface area contributed by atoms with Crippen LogP contribution >= 0.6 is 0 Å².